The van der Waals surface area contributed by atoms with E-state index in [9.17, 15) is 4.79 Å². The molecule has 1 aromatic carbocycles. The number of benzene rings is 1. The molecule has 0 unspecified atom stereocenters. The van der Waals surface area contributed by atoms with Crippen molar-refractivity contribution in [3.05, 3.63) is 42.1 Å². The predicted molar refractivity (Wildman–Crippen MR) is 75.9 cm³/mol. The van der Waals surface area contributed by atoms with Crippen molar-refractivity contribution in [2.24, 2.45) is 7.05 Å². The lowest BCUT2D eigenvalue weighted by Crippen LogP contribution is -2.40. The van der Waals surface area contributed by atoms with E-state index in [0.717, 1.165) is 11.3 Å². The van der Waals surface area contributed by atoms with Gasteiger partial charge in [0, 0.05) is 12.6 Å². The molecule has 1 N–H and O–H groups in total. The van der Waals surface area contributed by atoms with Crippen molar-refractivity contribution in [3.63, 3.8) is 0 Å². The van der Waals surface area contributed by atoms with Gasteiger partial charge < -0.3 is 5.32 Å². The van der Waals surface area contributed by atoms with E-state index >= 15 is 0 Å². The van der Waals surface area contributed by atoms with E-state index in [4.69, 9.17) is 0 Å². The Morgan fingerprint density at radius 2 is 1.84 bits per heavy atom. The molecule has 2 aromatic rings. The first-order valence-corrected chi connectivity index (χ1v) is 6.29. The fourth-order valence-electron chi connectivity index (χ4n) is 1.86. The van der Waals surface area contributed by atoms with Gasteiger partial charge in [-0.1, -0.05) is 30.3 Å². The maximum absolute atomic E-state index is 12.1. The quantitative estimate of drug-likeness (QED) is 0.899. The molecular formula is C15H19N3O. The molecule has 100 valence electrons. The molecule has 0 saturated heterocycles. The van der Waals surface area contributed by atoms with Crippen molar-refractivity contribution in [2.45, 2.75) is 26.3 Å². The van der Waals surface area contributed by atoms with Crippen LogP contribution in [0, 0.1) is 0 Å². The Morgan fingerprint density at radius 1 is 1.21 bits per heavy atom. The second-order valence-electron chi connectivity index (χ2n) is 5.61. The molecule has 19 heavy (non-hydrogen) atoms. The third kappa shape index (κ3) is 3.22. The van der Waals surface area contributed by atoms with Gasteiger partial charge >= 0.3 is 0 Å². The highest BCUT2D eigenvalue weighted by Crippen LogP contribution is 2.19. The highest BCUT2D eigenvalue weighted by atomic mass is 16.2. The number of nitrogens with zero attached hydrogens (tertiary/aromatic N) is 2. The van der Waals surface area contributed by atoms with Gasteiger partial charge in [-0.3, -0.25) is 9.48 Å². The molecule has 0 spiro atoms. The van der Waals surface area contributed by atoms with Gasteiger partial charge in [-0.25, -0.2) is 0 Å². The van der Waals surface area contributed by atoms with E-state index in [1.807, 2.05) is 64.2 Å². The number of rotatable bonds is 2. The minimum atomic E-state index is -0.262. The summed E-state index contributed by atoms with van der Waals surface area (Å²) >= 11 is 0. The second kappa shape index (κ2) is 4.88. The Labute approximate surface area is 113 Å². The highest BCUT2D eigenvalue weighted by molar-refractivity contribution is 5.93. The molecule has 0 fully saturated rings. The van der Waals surface area contributed by atoms with Crippen LogP contribution in [0.25, 0.3) is 11.3 Å². The Bertz CT molecular complexity index is 579. The number of nitrogens with one attached hydrogen (secondary N) is 1. The first-order valence-electron chi connectivity index (χ1n) is 6.29. The molecule has 1 aromatic heterocycles. The summed E-state index contributed by atoms with van der Waals surface area (Å²) in [4.78, 5) is 12.1. The summed E-state index contributed by atoms with van der Waals surface area (Å²) in [6.07, 6.45) is 0. The predicted octanol–water partition coefficient (Wildman–Crippen LogP) is 2.62. The average molecular weight is 257 g/mol. The van der Waals surface area contributed by atoms with Crippen molar-refractivity contribution in [2.75, 3.05) is 0 Å². The van der Waals surface area contributed by atoms with Gasteiger partial charge in [-0.2, -0.15) is 5.10 Å². The lowest BCUT2D eigenvalue weighted by Gasteiger charge is -2.19. The maximum Gasteiger partial charge on any atom is 0.272 e. The van der Waals surface area contributed by atoms with Crippen molar-refractivity contribution < 1.29 is 4.79 Å². The number of aryl methyl sites for hydroxylation is 1. The van der Waals surface area contributed by atoms with Crippen LogP contribution in [0.2, 0.25) is 0 Å². The van der Waals surface area contributed by atoms with Crippen molar-refractivity contribution in [1.29, 1.82) is 0 Å². The van der Waals surface area contributed by atoms with Gasteiger partial charge in [0.2, 0.25) is 0 Å². The van der Waals surface area contributed by atoms with Gasteiger partial charge in [-0.05, 0) is 32.4 Å². The number of carbonyl (C=O) groups is 1. The van der Waals surface area contributed by atoms with Crippen LogP contribution >= 0.6 is 0 Å². The van der Waals surface area contributed by atoms with Gasteiger partial charge in [0.25, 0.3) is 5.91 Å². The molecule has 1 heterocycles. The van der Waals surface area contributed by atoms with Crippen LogP contribution in [0.5, 0.6) is 0 Å². The molecule has 0 bridgehead atoms. The Morgan fingerprint density at radius 3 is 2.42 bits per heavy atom. The molecule has 0 aliphatic rings. The standard InChI is InChI=1S/C15H19N3O/c1-15(2,3)16-14(19)12-10-13(18(4)17-12)11-8-6-5-7-9-11/h5-10H,1-4H3,(H,16,19). The van der Waals surface area contributed by atoms with Crippen LogP contribution < -0.4 is 5.32 Å². The zero-order valence-corrected chi connectivity index (χ0v) is 11.8. The minimum Gasteiger partial charge on any atom is -0.346 e. The maximum atomic E-state index is 12.1. The van der Waals surface area contributed by atoms with Crippen LogP contribution in [0.1, 0.15) is 31.3 Å². The Balaban J connectivity index is 2.29. The first kappa shape index (κ1) is 13.3. The number of aromatic nitrogens is 2. The largest absolute Gasteiger partial charge is 0.346 e. The van der Waals surface area contributed by atoms with E-state index in [-0.39, 0.29) is 11.4 Å². The van der Waals surface area contributed by atoms with Crippen molar-refractivity contribution in [3.8, 4) is 11.3 Å². The lowest BCUT2D eigenvalue weighted by molar-refractivity contribution is 0.0913. The van der Waals surface area contributed by atoms with Gasteiger partial charge in [-0.15, -0.1) is 0 Å². The molecule has 4 nitrogen and oxygen atoms in total. The topological polar surface area (TPSA) is 46.9 Å². The smallest absolute Gasteiger partial charge is 0.272 e. The second-order valence-corrected chi connectivity index (χ2v) is 5.61. The van der Waals surface area contributed by atoms with Crippen LogP contribution in [-0.4, -0.2) is 21.2 Å². The minimum absolute atomic E-state index is 0.148. The Hall–Kier alpha value is -2.10. The average Bonchev–Trinajstić information content (AvgIpc) is 2.70. The summed E-state index contributed by atoms with van der Waals surface area (Å²) in [7, 11) is 1.84. The number of hydrogen-bond donors (Lipinski definition) is 1. The summed E-state index contributed by atoms with van der Waals surface area (Å²) < 4.78 is 1.73. The van der Waals surface area contributed by atoms with Crippen molar-refractivity contribution >= 4 is 5.91 Å². The first-order chi connectivity index (χ1) is 8.87. The molecule has 4 heteroatoms. The van der Waals surface area contributed by atoms with Crippen LogP contribution in [0.4, 0.5) is 0 Å². The fourth-order valence-corrected chi connectivity index (χ4v) is 1.86. The fraction of sp³-hybridized carbons (Fsp3) is 0.333. The zero-order chi connectivity index (χ0) is 14.0. The normalized spacial score (nSPS) is 11.4. The van der Waals surface area contributed by atoms with Crippen LogP contribution in [-0.2, 0) is 7.05 Å². The number of carbonyl (C=O) groups excluding carboxylic acids is 1. The molecule has 0 aliphatic carbocycles. The van der Waals surface area contributed by atoms with E-state index in [2.05, 4.69) is 10.4 Å². The molecular weight excluding hydrogens is 238 g/mol. The molecule has 0 atom stereocenters. The summed E-state index contributed by atoms with van der Waals surface area (Å²) in [5, 5.41) is 7.19. The molecule has 0 saturated carbocycles. The number of amides is 1. The highest BCUT2D eigenvalue weighted by Gasteiger charge is 2.18. The zero-order valence-electron chi connectivity index (χ0n) is 11.8. The molecule has 0 aliphatic heterocycles. The van der Waals surface area contributed by atoms with E-state index < -0.39 is 0 Å². The summed E-state index contributed by atoms with van der Waals surface area (Å²) in [6.45, 7) is 5.85. The van der Waals surface area contributed by atoms with Crippen molar-refractivity contribution in [1.82, 2.24) is 15.1 Å². The van der Waals surface area contributed by atoms with E-state index in [1.54, 1.807) is 4.68 Å². The molecule has 1 amide bonds. The molecule has 2 rings (SSSR count). The summed E-state index contributed by atoms with van der Waals surface area (Å²) in [6, 6.07) is 11.7. The summed E-state index contributed by atoms with van der Waals surface area (Å²) in [5.74, 6) is -0.148. The monoisotopic (exact) mass is 257 g/mol. The third-order valence-corrected chi connectivity index (χ3v) is 2.67. The molecule has 0 radical (unpaired) electrons. The SMILES string of the molecule is Cn1nc(C(=O)NC(C)(C)C)cc1-c1ccccc1. The number of hydrogen-bond acceptors (Lipinski definition) is 2. The van der Waals surface area contributed by atoms with Gasteiger partial charge in [0.05, 0.1) is 5.69 Å². The van der Waals surface area contributed by atoms with Gasteiger partial charge in [0.1, 0.15) is 0 Å². The lowest BCUT2D eigenvalue weighted by atomic mass is 10.1. The van der Waals surface area contributed by atoms with Gasteiger partial charge in [0.15, 0.2) is 5.69 Å². The Kier molecular flexibility index (Phi) is 3.42. The van der Waals surface area contributed by atoms with E-state index in [1.165, 1.54) is 0 Å². The third-order valence-electron chi connectivity index (χ3n) is 2.67. The van der Waals surface area contributed by atoms with Crippen LogP contribution in [0.3, 0.4) is 0 Å². The van der Waals surface area contributed by atoms with E-state index in [0.29, 0.717) is 5.69 Å². The van der Waals surface area contributed by atoms with Crippen LogP contribution in [0.15, 0.2) is 36.4 Å². The summed E-state index contributed by atoms with van der Waals surface area (Å²) in [5.41, 5.74) is 2.16.